The highest BCUT2D eigenvalue weighted by molar-refractivity contribution is 5.92. The van der Waals surface area contributed by atoms with Gasteiger partial charge in [0.2, 0.25) is 0 Å². The van der Waals surface area contributed by atoms with Gasteiger partial charge in [0.25, 0.3) is 0 Å². The molecule has 0 spiro atoms. The Morgan fingerprint density at radius 1 is 1.39 bits per heavy atom. The van der Waals surface area contributed by atoms with Crippen LogP contribution in [0.1, 0.15) is 20.8 Å². The first-order valence-electron chi connectivity index (χ1n) is 7.36. The molecule has 0 fully saturated rings. The van der Waals surface area contributed by atoms with Gasteiger partial charge < -0.3 is 25.4 Å². The number of hydrogen-bond acceptors (Lipinski definition) is 4. The molecule has 1 amide bonds. The maximum Gasteiger partial charge on any atom is 0.410 e. The molecular weight excluding hydrogens is 296 g/mol. The summed E-state index contributed by atoms with van der Waals surface area (Å²) in [6, 6.07) is 7.37. The number of hydrogen-bond donors (Lipinski definition) is 2. The number of anilines is 1. The lowest BCUT2D eigenvalue weighted by Crippen LogP contribution is -2.36. The number of carbonyl (C=O) groups is 1. The number of nitrogens with two attached hydrogens (primary N) is 1. The van der Waals surface area contributed by atoms with Gasteiger partial charge in [-0.25, -0.2) is 4.79 Å². The molecule has 0 atom stereocenters. The van der Waals surface area contributed by atoms with Gasteiger partial charge in [-0.05, 0) is 32.9 Å². The number of methoxy groups -OCH3 is 1. The molecule has 128 valence electrons. The van der Waals surface area contributed by atoms with Crippen LogP contribution in [0.15, 0.2) is 29.3 Å². The fourth-order valence-corrected chi connectivity index (χ4v) is 1.64. The van der Waals surface area contributed by atoms with Gasteiger partial charge in [-0.1, -0.05) is 6.07 Å². The summed E-state index contributed by atoms with van der Waals surface area (Å²) in [4.78, 5) is 17.4. The molecule has 1 rings (SSSR count). The number of nitrogens with zero attached hydrogens (tertiary/aromatic N) is 2. The summed E-state index contributed by atoms with van der Waals surface area (Å²) in [7, 11) is 3.26. The molecule has 3 N–H and O–H groups in total. The van der Waals surface area contributed by atoms with Crippen LogP contribution in [0.4, 0.5) is 10.5 Å². The molecule has 0 radical (unpaired) electrons. The van der Waals surface area contributed by atoms with Gasteiger partial charge in [-0.15, -0.1) is 0 Å². The minimum absolute atomic E-state index is 0.274. The largest absolute Gasteiger partial charge is 0.497 e. The fraction of sp³-hybridized carbons (Fsp3) is 0.500. The van der Waals surface area contributed by atoms with E-state index in [9.17, 15) is 4.79 Å². The molecule has 0 bridgehead atoms. The first-order valence-corrected chi connectivity index (χ1v) is 7.36. The number of aliphatic imine (C=N–C) groups is 1. The first-order chi connectivity index (χ1) is 10.7. The average Bonchev–Trinajstić information content (AvgIpc) is 2.45. The highest BCUT2D eigenvalue weighted by Crippen LogP contribution is 2.16. The van der Waals surface area contributed by atoms with Gasteiger partial charge in [0, 0.05) is 25.3 Å². The molecule has 23 heavy (non-hydrogen) atoms. The van der Waals surface area contributed by atoms with Crippen molar-refractivity contribution >= 4 is 17.7 Å². The van der Waals surface area contributed by atoms with Gasteiger partial charge in [0.15, 0.2) is 5.96 Å². The van der Waals surface area contributed by atoms with Crippen LogP contribution < -0.4 is 15.8 Å². The number of benzene rings is 1. The standard InChI is InChI=1S/C16H26N4O3/c1-16(2,3)23-15(21)20(4)10-9-18-14(17)19-12-7-6-8-13(11-12)22-5/h6-8,11H,9-10H2,1-5H3,(H3,17,18,19). The van der Waals surface area contributed by atoms with Gasteiger partial charge >= 0.3 is 6.09 Å². The molecule has 0 aliphatic carbocycles. The first kappa shape index (κ1) is 18.6. The average molecular weight is 322 g/mol. The lowest BCUT2D eigenvalue weighted by atomic mass is 10.2. The molecule has 0 saturated heterocycles. The number of nitrogens with one attached hydrogen (secondary N) is 1. The Morgan fingerprint density at radius 2 is 2.09 bits per heavy atom. The Labute approximate surface area is 137 Å². The van der Waals surface area contributed by atoms with E-state index in [1.807, 2.05) is 45.0 Å². The quantitative estimate of drug-likeness (QED) is 0.641. The van der Waals surface area contributed by atoms with Crippen LogP contribution in [0.5, 0.6) is 5.75 Å². The SMILES string of the molecule is COc1cccc(NC(N)=NCCN(C)C(=O)OC(C)(C)C)c1. The van der Waals surface area contributed by atoms with Gasteiger partial charge in [0.1, 0.15) is 11.4 Å². The van der Waals surface area contributed by atoms with E-state index in [0.717, 1.165) is 11.4 Å². The van der Waals surface area contributed by atoms with E-state index in [0.29, 0.717) is 13.1 Å². The number of guanidine groups is 1. The zero-order chi connectivity index (χ0) is 17.5. The maximum atomic E-state index is 11.8. The van der Waals surface area contributed by atoms with Crippen molar-refractivity contribution in [1.29, 1.82) is 0 Å². The van der Waals surface area contributed by atoms with Crippen LogP contribution in [0, 0.1) is 0 Å². The molecule has 0 heterocycles. The Bertz CT molecular complexity index is 553. The summed E-state index contributed by atoms with van der Waals surface area (Å²) in [5, 5.41) is 2.97. The molecular formula is C16H26N4O3. The van der Waals surface area contributed by atoms with E-state index in [1.165, 1.54) is 4.90 Å². The number of likely N-dealkylation sites (N-methyl/N-ethyl adjacent to an activating group) is 1. The fourth-order valence-electron chi connectivity index (χ4n) is 1.64. The van der Waals surface area contributed by atoms with E-state index >= 15 is 0 Å². The summed E-state index contributed by atoms with van der Waals surface area (Å²) in [5.41, 5.74) is 6.10. The highest BCUT2D eigenvalue weighted by Gasteiger charge is 2.19. The highest BCUT2D eigenvalue weighted by atomic mass is 16.6. The van der Waals surface area contributed by atoms with E-state index in [-0.39, 0.29) is 12.1 Å². The van der Waals surface area contributed by atoms with Crippen molar-refractivity contribution in [2.24, 2.45) is 10.7 Å². The predicted molar refractivity (Wildman–Crippen MR) is 92.0 cm³/mol. The van der Waals surface area contributed by atoms with Gasteiger partial charge in [-0.2, -0.15) is 0 Å². The van der Waals surface area contributed by atoms with E-state index in [4.69, 9.17) is 15.2 Å². The Hall–Kier alpha value is -2.44. The van der Waals surface area contributed by atoms with Gasteiger partial charge in [0.05, 0.1) is 13.7 Å². The van der Waals surface area contributed by atoms with E-state index < -0.39 is 5.60 Å². The lowest BCUT2D eigenvalue weighted by molar-refractivity contribution is 0.0304. The molecule has 1 aromatic rings. The molecule has 0 aliphatic heterocycles. The number of rotatable bonds is 5. The molecule has 0 aliphatic rings. The Balaban J connectivity index is 2.45. The van der Waals surface area contributed by atoms with Crippen molar-refractivity contribution in [3.05, 3.63) is 24.3 Å². The molecule has 0 saturated carbocycles. The summed E-state index contributed by atoms with van der Waals surface area (Å²) >= 11 is 0. The van der Waals surface area contributed by atoms with Crippen molar-refractivity contribution in [1.82, 2.24) is 4.90 Å². The van der Waals surface area contributed by atoms with Crippen molar-refractivity contribution in [2.45, 2.75) is 26.4 Å². The summed E-state index contributed by atoms with van der Waals surface area (Å²) in [6.45, 7) is 6.26. The number of ether oxygens (including phenoxy) is 2. The molecule has 1 aromatic carbocycles. The van der Waals surface area contributed by atoms with Crippen molar-refractivity contribution in [3.8, 4) is 5.75 Å². The summed E-state index contributed by atoms with van der Waals surface area (Å²) < 4.78 is 10.4. The number of carbonyl (C=O) groups excluding carboxylic acids is 1. The Kier molecular flexibility index (Phi) is 6.68. The van der Waals surface area contributed by atoms with Crippen LogP contribution in [0.25, 0.3) is 0 Å². The van der Waals surface area contributed by atoms with Crippen LogP contribution in [0.3, 0.4) is 0 Å². The predicted octanol–water partition coefficient (Wildman–Crippen LogP) is 2.29. The Morgan fingerprint density at radius 3 is 2.70 bits per heavy atom. The topological polar surface area (TPSA) is 89.2 Å². The minimum Gasteiger partial charge on any atom is -0.497 e. The second-order valence-corrected chi connectivity index (χ2v) is 6.03. The smallest absolute Gasteiger partial charge is 0.410 e. The minimum atomic E-state index is -0.512. The van der Waals surface area contributed by atoms with Crippen LogP contribution in [-0.4, -0.2) is 49.8 Å². The van der Waals surface area contributed by atoms with Gasteiger partial charge in [-0.3, -0.25) is 4.99 Å². The second kappa shape index (κ2) is 8.26. The third-order valence-electron chi connectivity index (χ3n) is 2.76. The van der Waals surface area contributed by atoms with Crippen molar-refractivity contribution < 1.29 is 14.3 Å². The summed E-state index contributed by atoms with van der Waals surface area (Å²) in [6.07, 6.45) is -0.382. The normalized spacial score (nSPS) is 11.8. The second-order valence-electron chi connectivity index (χ2n) is 6.03. The molecule has 0 aromatic heterocycles. The zero-order valence-corrected chi connectivity index (χ0v) is 14.4. The third kappa shape index (κ3) is 7.39. The van der Waals surface area contributed by atoms with Crippen LogP contribution in [-0.2, 0) is 4.74 Å². The molecule has 7 heteroatoms. The molecule has 7 nitrogen and oxygen atoms in total. The van der Waals surface area contributed by atoms with Crippen molar-refractivity contribution in [2.75, 3.05) is 32.6 Å². The molecule has 0 unspecified atom stereocenters. The maximum absolute atomic E-state index is 11.8. The van der Waals surface area contributed by atoms with E-state index in [1.54, 1.807) is 14.2 Å². The zero-order valence-electron chi connectivity index (χ0n) is 14.4. The van der Waals surface area contributed by atoms with Crippen LogP contribution in [0.2, 0.25) is 0 Å². The van der Waals surface area contributed by atoms with Crippen LogP contribution >= 0.6 is 0 Å². The number of amides is 1. The monoisotopic (exact) mass is 322 g/mol. The van der Waals surface area contributed by atoms with Crippen molar-refractivity contribution in [3.63, 3.8) is 0 Å². The lowest BCUT2D eigenvalue weighted by Gasteiger charge is -2.24. The third-order valence-corrected chi connectivity index (χ3v) is 2.76. The summed E-state index contributed by atoms with van der Waals surface area (Å²) in [5.74, 6) is 1.00. The van der Waals surface area contributed by atoms with E-state index in [2.05, 4.69) is 10.3 Å².